The van der Waals surface area contributed by atoms with Crippen LogP contribution in [0.5, 0.6) is 46.0 Å². The SMILES string of the molecule is C.CCOC(=O)Cc1ccc(OC)cc1O.CCOC(=O)Cc1ccc(OC)cc1OCc1cc(-c2cccc(CN)c2)c2oc(CCO)cc2c1.CCOC(=O)Cc1ccc(OC)cc1OCc1cc(I)c2oc(CCO)cc2c1.COc1ccc(CC(=O)O)c(OCc2cc(-c3cccc(CN)c3)c3oc(CCO)cc3c2)c1.Cl.NCc1cccc(B(O)O)c1.O=CO[O-].OCCc1cc2cc(CO)cc(I)c2o1.[H-].[K+].[K+].[Li+].[OH-]. The first-order valence-corrected chi connectivity index (χ1v) is 47.8. The number of nitrogens with two attached hydrogens (primary N) is 3. The molecular weight excluding hydrogens is 2230 g/mol. The Morgan fingerprint density at radius 3 is 1.04 bits per heavy atom. The van der Waals surface area contributed by atoms with Crippen molar-refractivity contribution < 1.29 is 273 Å². The minimum Gasteiger partial charge on any atom is -1.00 e. The van der Waals surface area contributed by atoms with Crippen molar-refractivity contribution >= 4 is 144 Å². The molecule has 4 heterocycles. The molecule has 4 aromatic heterocycles. The minimum atomic E-state index is -1.40. The standard InChI is InChI=1S/C29H31NO6.C27H27NO6.C22H23IO6.C11H11IO3.C11H14O4.C7H10BNO2.CH2O3.CH4.ClH.2K.Li.H2O.H/c1-3-34-28(32)15-22-7-8-24(33-2)16-27(22)35-18-20-12-23-14-25(9-10-31)36-29(23)26(13-20)21-6-4-5-19(11-21)17-30;1-32-22-6-5-20(13-26(30)31)25(14-22)33-16-18-10-21-12-23(7-8-29)34-27(21)24(11-18)19-4-2-3-17(9-19)15-28;1-3-27-21(25)11-15-4-5-17(26-2)12-20(15)28-13-14-8-16-10-18(6-7-24)29-22(16)19(23)9-14;12-10-4-7(6-14)3-8-5-9(1-2-13)15-11(8)10;1-3-15-11(13)6-8-4-5-9(14-2)7-10(8)12;9-5-6-2-1-3-7(4-6)8(10)11;2-1-4-3;;;;;;;/h4-8,11-14,16,31H,3,9-10,15,17-18,30H2,1-2H3;2-6,9-12,14,29H,7-8,13,15-16,28H2,1H3,(H,30,31);4-5,8-10,12,24H,3,6-7,11,13H2,1-2H3;3-5,13-14H,1-2,6H2;4-5,7,12H,3,6H2,1-2H3;1-4,10-11H,5,9H2;1,3H;1H4;1H;;;;1H2;/q;;;;;;;;;3*+1;;-1/p-2. The molecule has 15 rings (SSSR count). The molecule has 0 aliphatic heterocycles. The number of phenols is 1. The van der Waals surface area contributed by atoms with Gasteiger partial charge in [-0.3, -0.25) is 24.0 Å². The van der Waals surface area contributed by atoms with E-state index in [1.54, 1.807) is 115 Å². The van der Waals surface area contributed by atoms with Crippen molar-refractivity contribution in [3.05, 3.63) is 310 Å². The van der Waals surface area contributed by atoms with Crippen LogP contribution < -0.4 is 183 Å². The van der Waals surface area contributed by atoms with Gasteiger partial charge in [0.25, 0.3) is 6.47 Å². The van der Waals surface area contributed by atoms with Crippen LogP contribution in [0.3, 0.4) is 0 Å². The fourth-order valence-corrected chi connectivity index (χ4v) is 16.3. The number of phenolic OH excluding ortho intramolecular Hbond substituents is 1. The predicted molar refractivity (Wildman–Crippen MR) is 573 cm³/mol. The summed E-state index contributed by atoms with van der Waals surface area (Å²) in [6.07, 6.45) is 2.03. The van der Waals surface area contributed by atoms with Crippen molar-refractivity contribution in [3.8, 4) is 68.2 Å². The second-order valence-corrected chi connectivity index (χ2v) is 34.0. The normalized spacial score (nSPS) is 10.2. The number of fused-ring (bicyclic) bond motifs is 4. The maximum Gasteiger partial charge on any atom is 1.00 e. The van der Waals surface area contributed by atoms with Crippen molar-refractivity contribution in [2.75, 3.05) is 74.7 Å². The van der Waals surface area contributed by atoms with E-state index in [0.717, 1.165) is 135 Å². The van der Waals surface area contributed by atoms with Crippen molar-refractivity contribution in [1.29, 1.82) is 0 Å². The van der Waals surface area contributed by atoms with Crippen LogP contribution in [-0.2, 0) is 140 Å². The van der Waals surface area contributed by atoms with Gasteiger partial charge in [0, 0.05) is 125 Å². The summed E-state index contributed by atoms with van der Waals surface area (Å²) in [5.41, 5.74) is 33.6. The third-order valence-electron chi connectivity index (χ3n) is 21.5. The van der Waals surface area contributed by atoms with E-state index in [1.807, 2.05) is 140 Å². The topological polar surface area (TPSA) is 553 Å². The third-order valence-corrected chi connectivity index (χ3v) is 23.1. The number of aliphatic hydroxyl groups is 5. The summed E-state index contributed by atoms with van der Waals surface area (Å²) in [7, 11) is 4.83. The zero-order valence-electron chi connectivity index (χ0n) is 85.4. The first-order chi connectivity index (χ1) is 69.6. The fraction of sp³-hybridized carbons (Fsp3) is 0.275. The molecule has 15 aromatic rings. The van der Waals surface area contributed by atoms with Crippen LogP contribution in [0.25, 0.3) is 66.1 Å². The van der Waals surface area contributed by atoms with E-state index in [0.29, 0.717) is 140 Å². The molecule has 0 radical (unpaired) electrons. The number of carboxylic acid groups (broad SMARTS) is 1. The maximum absolute atomic E-state index is 12.1. The molecule has 11 aromatic carbocycles. The molecule has 0 spiro atoms. The number of hydrogen-bond donors (Lipinski definition) is 12. The Bertz CT molecular complexity index is 6740. The van der Waals surface area contributed by atoms with Crippen molar-refractivity contribution in [2.24, 2.45) is 17.2 Å². The summed E-state index contributed by atoms with van der Waals surface area (Å²) in [5, 5.41) is 94.2. The maximum atomic E-state index is 12.1. The Morgan fingerprint density at radius 2 is 0.720 bits per heavy atom. The van der Waals surface area contributed by atoms with Crippen LogP contribution in [0, 0.1) is 7.14 Å². The van der Waals surface area contributed by atoms with Gasteiger partial charge in [-0.2, -0.15) is 0 Å². The van der Waals surface area contributed by atoms with Gasteiger partial charge in [-0.25, -0.2) is 0 Å². The number of carbonyl (C=O) groups excluding carboxylic acids is 4. The number of carbonyl (C=O) groups is 5. The Labute approximate surface area is 1000 Å². The van der Waals surface area contributed by atoms with Crippen molar-refractivity contribution in [1.82, 2.24) is 0 Å². The van der Waals surface area contributed by atoms with Crippen LogP contribution in [-0.4, -0.2) is 163 Å². The zero-order valence-corrected chi connectivity index (χ0v) is 95.8. The van der Waals surface area contributed by atoms with E-state index in [9.17, 15) is 39.6 Å². The fourth-order valence-electron chi connectivity index (χ4n) is 14.7. The number of carboxylic acids is 1. The number of aliphatic carboxylic acids is 1. The van der Waals surface area contributed by atoms with Gasteiger partial charge in [0.1, 0.15) is 111 Å². The molecule has 0 bridgehead atoms. The summed E-state index contributed by atoms with van der Waals surface area (Å²) < 4.78 is 79.6. The number of hydrogen-bond acceptors (Lipinski definition) is 33. The van der Waals surface area contributed by atoms with E-state index in [1.165, 1.54) is 13.2 Å². The Balaban J connectivity index is 0.000000626. The Hall–Kier alpha value is -9.46. The van der Waals surface area contributed by atoms with Gasteiger partial charge >= 0.3 is 153 Å². The molecule has 0 atom stereocenters. The van der Waals surface area contributed by atoms with Gasteiger partial charge in [0.2, 0.25) is 0 Å². The number of aliphatic hydroxyl groups excluding tert-OH is 5. The van der Waals surface area contributed by atoms with Crippen LogP contribution in [0.2, 0.25) is 0 Å². The van der Waals surface area contributed by atoms with E-state index in [2.05, 4.69) is 50.1 Å². The average Bonchev–Trinajstić information content (AvgIpc) is 1.65. The van der Waals surface area contributed by atoms with Gasteiger partial charge in [-0.15, -0.1) is 12.4 Å². The number of methoxy groups -OCH3 is 4. The number of aromatic hydroxyl groups is 1. The molecule has 0 saturated heterocycles. The largest absolute Gasteiger partial charge is 1.00 e. The molecule has 0 fully saturated rings. The van der Waals surface area contributed by atoms with Gasteiger partial charge < -0.3 is 145 Å². The molecule has 41 heteroatoms. The van der Waals surface area contributed by atoms with Gasteiger partial charge in [-0.1, -0.05) is 92.4 Å². The Morgan fingerprint density at radius 1 is 0.413 bits per heavy atom. The number of esters is 3. The average molecular weight is 2360 g/mol. The van der Waals surface area contributed by atoms with Crippen LogP contribution in [0.1, 0.15) is 114 Å². The molecule has 150 heavy (non-hydrogen) atoms. The number of furan rings is 4. The summed E-state index contributed by atoms with van der Waals surface area (Å²) >= 11 is 4.41. The van der Waals surface area contributed by atoms with Gasteiger partial charge in [-0.05, 0) is 231 Å². The summed E-state index contributed by atoms with van der Waals surface area (Å²) in [5.74, 6) is 5.12. The number of benzene rings is 11. The second kappa shape index (κ2) is 71.5. The summed E-state index contributed by atoms with van der Waals surface area (Å²) in [6.45, 7) is 8.40. The van der Waals surface area contributed by atoms with E-state index in [4.69, 9.17) is 118 Å². The van der Waals surface area contributed by atoms with Crippen molar-refractivity contribution in [2.45, 2.75) is 126 Å². The summed E-state index contributed by atoms with van der Waals surface area (Å²) in [6, 6.07) is 67.1. The molecule has 788 valence electrons. The van der Waals surface area contributed by atoms with E-state index in [-0.39, 0.29) is 250 Å². The van der Waals surface area contributed by atoms with Crippen molar-refractivity contribution in [3.63, 3.8) is 0 Å². The number of ether oxygens (including phenoxy) is 10. The quantitative estimate of drug-likeness (QED) is 0.00387. The molecule has 0 aliphatic carbocycles. The van der Waals surface area contributed by atoms with Crippen LogP contribution in [0.15, 0.2) is 236 Å². The van der Waals surface area contributed by atoms with Crippen LogP contribution >= 0.6 is 57.6 Å². The smallest absolute Gasteiger partial charge is 1.00 e. The van der Waals surface area contributed by atoms with E-state index >= 15 is 0 Å². The van der Waals surface area contributed by atoms with Gasteiger partial charge in [0.05, 0.1) is 114 Å². The van der Waals surface area contributed by atoms with Crippen LogP contribution in [0.4, 0.5) is 0 Å². The van der Waals surface area contributed by atoms with E-state index < -0.39 is 13.1 Å². The molecule has 0 amide bonds. The first-order valence-electron chi connectivity index (χ1n) is 45.6. The number of halogens is 3. The molecule has 0 unspecified atom stereocenters. The monoisotopic (exact) mass is 2360 g/mol. The predicted octanol–water partition coefficient (Wildman–Crippen LogP) is 6.20. The Kier molecular flexibility index (Phi) is 64.2. The summed E-state index contributed by atoms with van der Waals surface area (Å²) in [4.78, 5) is 57.7. The molecular formula is C109H124BClI2K2LiN3O31. The molecule has 0 saturated carbocycles. The molecule has 16 N–H and O–H groups in total. The molecule has 0 aliphatic rings. The minimum absolute atomic E-state index is 0. The van der Waals surface area contributed by atoms with Gasteiger partial charge in [0.15, 0.2) is 0 Å². The third kappa shape index (κ3) is 42.1. The molecule has 34 nitrogen and oxygen atoms in total. The second-order valence-electron chi connectivity index (χ2n) is 31.6. The number of rotatable bonds is 40. The first kappa shape index (κ1) is 135. The zero-order chi connectivity index (χ0) is 104.